The highest BCUT2D eigenvalue weighted by molar-refractivity contribution is 5.79. The number of rotatable bonds is 6. The van der Waals surface area contributed by atoms with Crippen molar-refractivity contribution in [1.82, 2.24) is 15.2 Å². The SMILES string of the molecule is CCNC(=NCc1ccnc(N(C)C)c1)N(C)Cc1ccc(F)cc1. The molecule has 2 rings (SSSR count). The molecule has 5 nitrogen and oxygen atoms in total. The van der Waals surface area contributed by atoms with E-state index in [0.29, 0.717) is 13.1 Å². The molecule has 0 atom stereocenters. The molecule has 0 bridgehead atoms. The van der Waals surface area contributed by atoms with Gasteiger partial charge in [-0.2, -0.15) is 0 Å². The number of nitrogens with zero attached hydrogens (tertiary/aromatic N) is 4. The van der Waals surface area contributed by atoms with Gasteiger partial charge >= 0.3 is 0 Å². The number of hydrogen-bond acceptors (Lipinski definition) is 3. The Morgan fingerprint density at radius 3 is 2.48 bits per heavy atom. The van der Waals surface area contributed by atoms with Gasteiger partial charge in [-0.05, 0) is 42.3 Å². The Bertz CT molecular complexity index is 697. The summed E-state index contributed by atoms with van der Waals surface area (Å²) in [6.07, 6.45) is 1.80. The second-order valence-corrected chi connectivity index (χ2v) is 6.07. The first-order chi connectivity index (χ1) is 12.0. The van der Waals surface area contributed by atoms with Gasteiger partial charge in [0.25, 0.3) is 0 Å². The Kier molecular flexibility index (Phi) is 6.74. The first kappa shape index (κ1) is 18.7. The number of guanidine groups is 1. The van der Waals surface area contributed by atoms with Crippen LogP contribution < -0.4 is 10.2 Å². The molecule has 0 aliphatic carbocycles. The van der Waals surface area contributed by atoms with Crippen LogP contribution in [0.4, 0.5) is 10.2 Å². The average Bonchev–Trinajstić information content (AvgIpc) is 2.60. The number of nitrogens with one attached hydrogen (secondary N) is 1. The van der Waals surface area contributed by atoms with E-state index < -0.39 is 0 Å². The third-order valence-electron chi connectivity index (χ3n) is 3.71. The summed E-state index contributed by atoms with van der Waals surface area (Å²) in [5, 5.41) is 3.30. The minimum atomic E-state index is -0.221. The van der Waals surface area contributed by atoms with Crippen molar-refractivity contribution < 1.29 is 4.39 Å². The molecule has 134 valence electrons. The summed E-state index contributed by atoms with van der Waals surface area (Å²) in [6.45, 7) is 4.05. The van der Waals surface area contributed by atoms with Crippen molar-refractivity contribution in [3.05, 3.63) is 59.5 Å². The van der Waals surface area contributed by atoms with Crippen molar-refractivity contribution >= 4 is 11.8 Å². The van der Waals surface area contributed by atoms with Gasteiger partial charge in [0.1, 0.15) is 11.6 Å². The fourth-order valence-corrected chi connectivity index (χ4v) is 2.38. The lowest BCUT2D eigenvalue weighted by Gasteiger charge is -2.22. The van der Waals surface area contributed by atoms with Crippen molar-refractivity contribution in [2.24, 2.45) is 4.99 Å². The summed E-state index contributed by atoms with van der Waals surface area (Å²) >= 11 is 0. The number of aliphatic imine (C=N–C) groups is 1. The molecule has 25 heavy (non-hydrogen) atoms. The van der Waals surface area contributed by atoms with Crippen LogP contribution in [-0.2, 0) is 13.1 Å². The number of halogens is 1. The van der Waals surface area contributed by atoms with Crippen LogP contribution >= 0.6 is 0 Å². The Labute approximate surface area is 149 Å². The van der Waals surface area contributed by atoms with Crippen LogP contribution in [0, 0.1) is 5.82 Å². The topological polar surface area (TPSA) is 43.8 Å². The normalized spacial score (nSPS) is 11.3. The summed E-state index contributed by atoms with van der Waals surface area (Å²) in [7, 11) is 5.91. The third-order valence-corrected chi connectivity index (χ3v) is 3.71. The van der Waals surface area contributed by atoms with Crippen LogP contribution in [0.15, 0.2) is 47.6 Å². The fourth-order valence-electron chi connectivity index (χ4n) is 2.38. The number of pyridine rings is 1. The monoisotopic (exact) mass is 343 g/mol. The molecular formula is C19H26FN5. The molecule has 1 aromatic carbocycles. The molecule has 0 saturated heterocycles. The van der Waals surface area contributed by atoms with Crippen molar-refractivity contribution in [3.8, 4) is 0 Å². The zero-order valence-corrected chi connectivity index (χ0v) is 15.3. The molecule has 0 spiro atoms. The largest absolute Gasteiger partial charge is 0.363 e. The molecule has 0 unspecified atom stereocenters. The zero-order valence-electron chi connectivity index (χ0n) is 15.3. The second kappa shape index (κ2) is 9.01. The van der Waals surface area contributed by atoms with E-state index in [1.807, 2.05) is 50.0 Å². The number of aromatic nitrogens is 1. The molecule has 0 amide bonds. The Balaban J connectivity index is 2.08. The average molecular weight is 343 g/mol. The van der Waals surface area contributed by atoms with E-state index >= 15 is 0 Å². The first-order valence-electron chi connectivity index (χ1n) is 8.35. The summed E-state index contributed by atoms with van der Waals surface area (Å²) < 4.78 is 13.0. The van der Waals surface area contributed by atoms with Gasteiger partial charge in [-0.3, -0.25) is 0 Å². The highest BCUT2D eigenvalue weighted by Gasteiger charge is 2.07. The Morgan fingerprint density at radius 2 is 1.84 bits per heavy atom. The van der Waals surface area contributed by atoms with Crippen LogP contribution in [0.5, 0.6) is 0 Å². The van der Waals surface area contributed by atoms with E-state index in [9.17, 15) is 4.39 Å². The molecule has 0 radical (unpaired) electrons. The van der Waals surface area contributed by atoms with Crippen molar-refractivity contribution in [2.75, 3.05) is 32.6 Å². The molecule has 0 fully saturated rings. The summed E-state index contributed by atoms with van der Waals surface area (Å²) in [6, 6.07) is 10.6. The van der Waals surface area contributed by atoms with Gasteiger partial charge in [-0.15, -0.1) is 0 Å². The van der Waals surface area contributed by atoms with E-state index in [1.54, 1.807) is 18.3 Å². The minimum absolute atomic E-state index is 0.221. The van der Waals surface area contributed by atoms with Crippen LogP contribution in [-0.4, -0.2) is 43.5 Å². The van der Waals surface area contributed by atoms with Crippen LogP contribution in [0.2, 0.25) is 0 Å². The highest BCUT2D eigenvalue weighted by atomic mass is 19.1. The molecule has 0 aliphatic rings. The lowest BCUT2D eigenvalue weighted by atomic mass is 10.2. The van der Waals surface area contributed by atoms with E-state index in [1.165, 1.54) is 12.1 Å². The Morgan fingerprint density at radius 1 is 1.12 bits per heavy atom. The smallest absolute Gasteiger partial charge is 0.194 e. The first-order valence-corrected chi connectivity index (χ1v) is 8.35. The summed E-state index contributed by atoms with van der Waals surface area (Å²) in [4.78, 5) is 13.0. The number of benzene rings is 1. The van der Waals surface area contributed by atoms with E-state index in [-0.39, 0.29) is 5.82 Å². The lowest BCUT2D eigenvalue weighted by molar-refractivity contribution is 0.476. The molecule has 0 aliphatic heterocycles. The van der Waals surface area contributed by atoms with Gasteiger partial charge in [-0.1, -0.05) is 12.1 Å². The zero-order chi connectivity index (χ0) is 18.2. The molecule has 2 aromatic rings. The van der Waals surface area contributed by atoms with Crippen molar-refractivity contribution in [3.63, 3.8) is 0 Å². The molecular weight excluding hydrogens is 317 g/mol. The molecule has 1 N–H and O–H groups in total. The van der Waals surface area contributed by atoms with E-state index in [4.69, 9.17) is 4.99 Å². The molecule has 6 heteroatoms. The molecule has 1 aromatic heterocycles. The quantitative estimate of drug-likeness (QED) is 0.647. The minimum Gasteiger partial charge on any atom is -0.363 e. The van der Waals surface area contributed by atoms with Gasteiger partial charge < -0.3 is 15.1 Å². The Hall–Kier alpha value is -2.63. The van der Waals surface area contributed by atoms with Crippen LogP contribution in [0.25, 0.3) is 0 Å². The van der Waals surface area contributed by atoms with Gasteiger partial charge in [0.15, 0.2) is 5.96 Å². The van der Waals surface area contributed by atoms with Gasteiger partial charge in [0.2, 0.25) is 0 Å². The van der Waals surface area contributed by atoms with Crippen molar-refractivity contribution in [2.45, 2.75) is 20.0 Å². The number of hydrogen-bond donors (Lipinski definition) is 1. The van der Waals surface area contributed by atoms with Crippen molar-refractivity contribution in [1.29, 1.82) is 0 Å². The van der Waals surface area contributed by atoms with E-state index in [0.717, 1.165) is 29.4 Å². The molecule has 1 heterocycles. The highest BCUT2D eigenvalue weighted by Crippen LogP contribution is 2.11. The molecule has 0 saturated carbocycles. The van der Waals surface area contributed by atoms with E-state index in [2.05, 4.69) is 10.3 Å². The second-order valence-electron chi connectivity index (χ2n) is 6.07. The van der Waals surface area contributed by atoms with Crippen LogP contribution in [0.3, 0.4) is 0 Å². The predicted molar refractivity (Wildman–Crippen MR) is 101 cm³/mol. The summed E-state index contributed by atoms with van der Waals surface area (Å²) in [5.74, 6) is 1.51. The van der Waals surface area contributed by atoms with Gasteiger partial charge in [0.05, 0.1) is 6.54 Å². The fraction of sp³-hybridized carbons (Fsp3) is 0.368. The maximum atomic E-state index is 13.0. The van der Waals surface area contributed by atoms with Crippen LogP contribution in [0.1, 0.15) is 18.1 Å². The van der Waals surface area contributed by atoms with Gasteiger partial charge in [0, 0.05) is 40.4 Å². The third kappa shape index (κ3) is 5.74. The maximum Gasteiger partial charge on any atom is 0.194 e. The van der Waals surface area contributed by atoms with Gasteiger partial charge in [-0.25, -0.2) is 14.4 Å². The number of anilines is 1. The summed E-state index contributed by atoms with van der Waals surface area (Å²) in [5.41, 5.74) is 2.14. The lowest BCUT2D eigenvalue weighted by Crippen LogP contribution is -2.38. The maximum absolute atomic E-state index is 13.0. The predicted octanol–water partition coefficient (Wildman–Crippen LogP) is 2.88. The standard InChI is InChI=1S/C19H26FN5/c1-5-21-19(25(4)14-15-6-8-17(20)9-7-15)23-13-16-10-11-22-18(12-16)24(2)3/h6-12H,5,13-14H2,1-4H3,(H,21,23).